The van der Waals surface area contributed by atoms with Crippen LogP contribution < -0.4 is 4.74 Å². The van der Waals surface area contributed by atoms with Crippen molar-refractivity contribution in [3.8, 4) is 5.75 Å². The molecule has 0 N–H and O–H groups in total. The third-order valence-electron chi connectivity index (χ3n) is 4.56. The SMILES string of the molecule is CC[C@@H](C)N1C(=O)S/C(=C/c2ccc(OCc3cccc([N+](=O)[O-])c3)cc2)C1=O. The summed E-state index contributed by atoms with van der Waals surface area (Å²) >= 11 is 0.948. The Morgan fingerprint density at radius 3 is 2.59 bits per heavy atom. The summed E-state index contributed by atoms with van der Waals surface area (Å²) in [6.07, 6.45) is 2.40. The van der Waals surface area contributed by atoms with Gasteiger partial charge in [0, 0.05) is 18.2 Å². The number of nitro groups is 1. The molecule has 0 bridgehead atoms. The number of nitrogens with zero attached hydrogens (tertiary/aromatic N) is 2. The van der Waals surface area contributed by atoms with Crippen LogP contribution in [0, 0.1) is 10.1 Å². The Kier molecular flexibility index (Phi) is 6.33. The maximum atomic E-state index is 12.5. The standard InChI is InChI=1S/C21H20N2O5S/c1-3-14(2)22-20(24)19(29-21(22)25)12-15-7-9-18(10-8-15)28-13-16-5-4-6-17(11-16)23(26)27/h4-12,14H,3,13H2,1-2H3/b19-12+/t14-/m1/s1. The summed E-state index contributed by atoms with van der Waals surface area (Å²) in [7, 11) is 0. The molecule has 7 nitrogen and oxygen atoms in total. The molecule has 2 aromatic carbocycles. The van der Waals surface area contributed by atoms with Gasteiger partial charge in [-0.15, -0.1) is 0 Å². The van der Waals surface area contributed by atoms with Gasteiger partial charge in [-0.2, -0.15) is 0 Å². The zero-order valence-electron chi connectivity index (χ0n) is 16.0. The molecule has 1 saturated heterocycles. The van der Waals surface area contributed by atoms with Crippen LogP contribution in [0.4, 0.5) is 10.5 Å². The lowest BCUT2D eigenvalue weighted by Crippen LogP contribution is -2.36. The molecule has 29 heavy (non-hydrogen) atoms. The number of benzene rings is 2. The zero-order valence-corrected chi connectivity index (χ0v) is 16.8. The maximum absolute atomic E-state index is 12.5. The molecule has 8 heteroatoms. The fourth-order valence-corrected chi connectivity index (χ4v) is 3.71. The summed E-state index contributed by atoms with van der Waals surface area (Å²) in [5, 5.41) is 10.6. The van der Waals surface area contributed by atoms with Gasteiger partial charge in [0.1, 0.15) is 12.4 Å². The number of hydrogen-bond donors (Lipinski definition) is 0. The topological polar surface area (TPSA) is 89.8 Å². The largest absolute Gasteiger partial charge is 0.489 e. The Morgan fingerprint density at radius 2 is 1.93 bits per heavy atom. The Balaban J connectivity index is 1.65. The lowest BCUT2D eigenvalue weighted by Gasteiger charge is -2.19. The van der Waals surface area contributed by atoms with Gasteiger partial charge in [0.25, 0.3) is 16.8 Å². The average molecular weight is 412 g/mol. The van der Waals surface area contributed by atoms with Crippen molar-refractivity contribution in [1.29, 1.82) is 0 Å². The first-order chi connectivity index (χ1) is 13.9. The van der Waals surface area contributed by atoms with E-state index in [0.29, 0.717) is 22.6 Å². The number of ether oxygens (including phenoxy) is 1. The van der Waals surface area contributed by atoms with Crippen molar-refractivity contribution >= 4 is 34.7 Å². The first-order valence-electron chi connectivity index (χ1n) is 9.12. The van der Waals surface area contributed by atoms with Gasteiger partial charge in [-0.05, 0) is 54.4 Å². The molecule has 1 heterocycles. The molecule has 3 rings (SSSR count). The van der Waals surface area contributed by atoms with Crippen LogP contribution in [0.1, 0.15) is 31.4 Å². The number of non-ortho nitro benzene ring substituents is 1. The monoisotopic (exact) mass is 412 g/mol. The number of rotatable bonds is 7. The minimum Gasteiger partial charge on any atom is -0.489 e. The number of nitro benzene ring substituents is 1. The van der Waals surface area contributed by atoms with Crippen LogP contribution in [0.15, 0.2) is 53.4 Å². The number of hydrogen-bond acceptors (Lipinski definition) is 6. The number of carbonyl (C=O) groups is 2. The molecule has 1 atom stereocenters. The van der Waals surface area contributed by atoms with Crippen molar-refractivity contribution in [2.45, 2.75) is 32.9 Å². The Bertz CT molecular complexity index is 971. The van der Waals surface area contributed by atoms with Gasteiger partial charge in [-0.3, -0.25) is 24.6 Å². The van der Waals surface area contributed by atoms with Crippen LogP contribution in [0.3, 0.4) is 0 Å². The normalized spacial score (nSPS) is 16.3. The maximum Gasteiger partial charge on any atom is 0.293 e. The van der Waals surface area contributed by atoms with Crippen LogP contribution >= 0.6 is 11.8 Å². The van der Waals surface area contributed by atoms with E-state index in [2.05, 4.69) is 0 Å². The number of amides is 2. The van der Waals surface area contributed by atoms with Crippen LogP contribution in [0.25, 0.3) is 6.08 Å². The molecule has 0 aliphatic carbocycles. The molecular weight excluding hydrogens is 392 g/mol. The second kappa shape index (κ2) is 8.91. The predicted molar refractivity (Wildman–Crippen MR) is 111 cm³/mol. The van der Waals surface area contributed by atoms with E-state index in [0.717, 1.165) is 17.3 Å². The molecule has 1 aliphatic rings. The number of thioether (sulfide) groups is 1. The van der Waals surface area contributed by atoms with Crippen molar-refractivity contribution in [3.63, 3.8) is 0 Å². The second-order valence-electron chi connectivity index (χ2n) is 6.59. The summed E-state index contributed by atoms with van der Waals surface area (Å²) in [5.74, 6) is 0.335. The molecule has 2 amide bonds. The fraction of sp³-hybridized carbons (Fsp3) is 0.238. The highest BCUT2D eigenvalue weighted by Crippen LogP contribution is 2.34. The van der Waals surface area contributed by atoms with Crippen molar-refractivity contribution in [2.24, 2.45) is 0 Å². The number of carbonyl (C=O) groups excluding carboxylic acids is 2. The molecule has 0 saturated carbocycles. The van der Waals surface area contributed by atoms with Crippen molar-refractivity contribution in [2.75, 3.05) is 0 Å². The van der Waals surface area contributed by atoms with E-state index in [1.165, 1.54) is 17.0 Å². The third-order valence-corrected chi connectivity index (χ3v) is 5.44. The molecule has 1 aliphatic heterocycles. The van der Waals surface area contributed by atoms with E-state index in [-0.39, 0.29) is 29.5 Å². The van der Waals surface area contributed by atoms with Gasteiger partial charge in [0.2, 0.25) is 0 Å². The Labute approximate surface area is 172 Å². The molecular formula is C21H20N2O5S. The lowest BCUT2D eigenvalue weighted by atomic mass is 10.2. The van der Waals surface area contributed by atoms with Gasteiger partial charge in [0.05, 0.1) is 9.83 Å². The van der Waals surface area contributed by atoms with Crippen molar-refractivity contribution in [1.82, 2.24) is 4.90 Å². The van der Waals surface area contributed by atoms with Crippen LogP contribution in [0.5, 0.6) is 5.75 Å². The molecule has 150 valence electrons. The van der Waals surface area contributed by atoms with Crippen LogP contribution in [0.2, 0.25) is 0 Å². The van der Waals surface area contributed by atoms with Gasteiger partial charge < -0.3 is 4.74 Å². The molecule has 0 radical (unpaired) electrons. The molecule has 1 fully saturated rings. The molecule has 0 aromatic heterocycles. The van der Waals surface area contributed by atoms with E-state index >= 15 is 0 Å². The molecule has 2 aromatic rings. The fourth-order valence-electron chi connectivity index (χ4n) is 2.78. The average Bonchev–Trinajstić information content (AvgIpc) is 3.00. The highest BCUT2D eigenvalue weighted by Gasteiger charge is 2.37. The smallest absolute Gasteiger partial charge is 0.293 e. The van der Waals surface area contributed by atoms with Gasteiger partial charge in [-0.25, -0.2) is 0 Å². The van der Waals surface area contributed by atoms with E-state index < -0.39 is 4.92 Å². The molecule has 0 unspecified atom stereocenters. The van der Waals surface area contributed by atoms with Crippen molar-refractivity contribution in [3.05, 3.63) is 74.7 Å². The summed E-state index contributed by atoms with van der Waals surface area (Å²) in [6.45, 7) is 3.99. The first-order valence-corrected chi connectivity index (χ1v) is 9.94. The van der Waals surface area contributed by atoms with E-state index in [4.69, 9.17) is 4.74 Å². The predicted octanol–water partition coefficient (Wildman–Crippen LogP) is 5.01. The quantitative estimate of drug-likeness (QED) is 0.361. The minimum atomic E-state index is -0.443. The van der Waals surface area contributed by atoms with E-state index in [9.17, 15) is 19.7 Å². The Hall–Kier alpha value is -3.13. The third kappa shape index (κ3) is 4.83. The summed E-state index contributed by atoms with van der Waals surface area (Å²) < 4.78 is 5.68. The van der Waals surface area contributed by atoms with Crippen LogP contribution in [-0.2, 0) is 11.4 Å². The minimum absolute atomic E-state index is 0.0211. The van der Waals surface area contributed by atoms with Gasteiger partial charge >= 0.3 is 0 Å². The lowest BCUT2D eigenvalue weighted by molar-refractivity contribution is -0.384. The van der Waals surface area contributed by atoms with Gasteiger partial charge in [0.15, 0.2) is 0 Å². The zero-order chi connectivity index (χ0) is 21.0. The second-order valence-corrected chi connectivity index (χ2v) is 7.59. The highest BCUT2D eigenvalue weighted by atomic mass is 32.2. The molecule has 0 spiro atoms. The number of imide groups is 1. The van der Waals surface area contributed by atoms with Crippen molar-refractivity contribution < 1.29 is 19.2 Å². The van der Waals surface area contributed by atoms with Gasteiger partial charge in [-0.1, -0.05) is 31.2 Å². The van der Waals surface area contributed by atoms with Crippen LogP contribution in [-0.4, -0.2) is 27.0 Å². The summed E-state index contributed by atoms with van der Waals surface area (Å²) in [6, 6.07) is 13.2. The Morgan fingerprint density at radius 1 is 1.21 bits per heavy atom. The highest BCUT2D eigenvalue weighted by molar-refractivity contribution is 8.18. The van der Waals surface area contributed by atoms with E-state index in [1.807, 2.05) is 13.8 Å². The summed E-state index contributed by atoms with van der Waals surface area (Å²) in [4.78, 5) is 36.6. The summed E-state index contributed by atoms with van der Waals surface area (Å²) in [5.41, 5.74) is 1.50. The van der Waals surface area contributed by atoms with E-state index in [1.54, 1.807) is 42.5 Å². The first kappa shape index (κ1) is 20.6.